The Morgan fingerprint density at radius 1 is 1.75 bits per heavy atom. The van der Waals surface area contributed by atoms with Crippen LogP contribution in [-0.4, -0.2) is 23.3 Å². The molecule has 0 spiro atoms. The lowest BCUT2D eigenvalue weighted by atomic mass is 10.4. The van der Waals surface area contributed by atoms with E-state index < -0.39 is 0 Å². The Labute approximate surface area is 74.4 Å². The van der Waals surface area contributed by atoms with Crippen molar-refractivity contribution in [3.63, 3.8) is 0 Å². The molecule has 0 saturated carbocycles. The monoisotopic (exact) mass is 180 g/mol. The third-order valence-electron chi connectivity index (χ3n) is 1.13. The summed E-state index contributed by atoms with van der Waals surface area (Å²) in [6.45, 7) is 5.18. The molecule has 62 valence electrons. The van der Waals surface area contributed by atoms with Crippen molar-refractivity contribution in [2.24, 2.45) is 9.98 Å². The van der Waals surface area contributed by atoms with E-state index in [0.717, 1.165) is 10.7 Å². The first-order valence-corrected chi connectivity index (χ1v) is 4.17. The summed E-state index contributed by atoms with van der Waals surface area (Å²) in [4.78, 5) is 7.53. The van der Waals surface area contributed by atoms with Crippen LogP contribution in [0.25, 0.3) is 5.70 Å². The maximum atomic E-state index is 4.02. The van der Waals surface area contributed by atoms with Gasteiger partial charge in [0, 0.05) is 0 Å². The number of aromatic nitrogens is 2. The van der Waals surface area contributed by atoms with Crippen LogP contribution in [0.15, 0.2) is 21.6 Å². The van der Waals surface area contributed by atoms with Crippen molar-refractivity contribution >= 4 is 30.1 Å². The molecule has 0 atom stereocenters. The smallest absolute Gasteiger partial charge is 0.165 e. The van der Waals surface area contributed by atoms with Crippen molar-refractivity contribution < 1.29 is 0 Å². The summed E-state index contributed by atoms with van der Waals surface area (Å²) < 4.78 is 0. The molecule has 0 unspecified atom stereocenters. The number of hydrogen-bond donors (Lipinski definition) is 0. The first-order chi connectivity index (χ1) is 5.88. The van der Waals surface area contributed by atoms with Crippen LogP contribution in [0.5, 0.6) is 0 Å². The van der Waals surface area contributed by atoms with E-state index in [0.29, 0.717) is 0 Å². The van der Waals surface area contributed by atoms with Crippen LogP contribution in [0.3, 0.4) is 0 Å². The predicted molar refractivity (Wildman–Crippen MR) is 51.6 cm³/mol. The Morgan fingerprint density at radius 2 is 2.58 bits per heavy atom. The molecule has 0 bridgehead atoms. The minimum Gasteiger partial charge on any atom is -0.253 e. The summed E-state index contributed by atoms with van der Waals surface area (Å²) >= 11 is 1.44. The van der Waals surface area contributed by atoms with E-state index in [1.807, 2.05) is 13.0 Å². The van der Waals surface area contributed by atoms with E-state index in [4.69, 9.17) is 0 Å². The first-order valence-electron chi connectivity index (χ1n) is 3.29. The first kappa shape index (κ1) is 8.73. The summed E-state index contributed by atoms with van der Waals surface area (Å²) in [6, 6.07) is 0. The zero-order valence-electron chi connectivity index (χ0n) is 6.64. The summed E-state index contributed by atoms with van der Waals surface area (Å²) in [5, 5.41) is 8.36. The van der Waals surface area contributed by atoms with Gasteiger partial charge in [-0.1, -0.05) is 17.4 Å². The lowest BCUT2D eigenvalue weighted by Crippen LogP contribution is -1.79. The lowest BCUT2D eigenvalue weighted by molar-refractivity contribution is 1.07. The number of rotatable bonds is 3. The SMILES string of the molecule is C=N/C=N\C(=C/C)c1nncs1. The summed E-state index contributed by atoms with van der Waals surface area (Å²) in [7, 11) is 0. The van der Waals surface area contributed by atoms with Crippen molar-refractivity contribution in [3.05, 3.63) is 16.6 Å². The van der Waals surface area contributed by atoms with Crippen molar-refractivity contribution in [1.29, 1.82) is 0 Å². The van der Waals surface area contributed by atoms with E-state index in [1.54, 1.807) is 5.51 Å². The molecule has 0 aliphatic rings. The van der Waals surface area contributed by atoms with Crippen LogP contribution in [0, 0.1) is 0 Å². The molecule has 1 rings (SSSR count). The van der Waals surface area contributed by atoms with Gasteiger partial charge in [0.2, 0.25) is 0 Å². The largest absolute Gasteiger partial charge is 0.253 e. The fraction of sp³-hybridized carbons (Fsp3) is 0.143. The molecular weight excluding hydrogens is 172 g/mol. The number of hydrogen-bond acceptors (Lipinski definition) is 4. The van der Waals surface area contributed by atoms with Crippen molar-refractivity contribution in [1.82, 2.24) is 10.2 Å². The number of allylic oxidation sites excluding steroid dienone is 1. The highest BCUT2D eigenvalue weighted by Crippen LogP contribution is 2.15. The highest BCUT2D eigenvalue weighted by Gasteiger charge is 2.00. The molecule has 4 nitrogen and oxygen atoms in total. The molecule has 1 aromatic rings. The molecule has 0 N–H and O–H groups in total. The molecular formula is C7H8N4S. The van der Waals surface area contributed by atoms with Crippen LogP contribution in [0.4, 0.5) is 0 Å². The van der Waals surface area contributed by atoms with Crippen molar-refractivity contribution in [2.75, 3.05) is 0 Å². The van der Waals surface area contributed by atoms with Crippen LogP contribution < -0.4 is 0 Å². The van der Waals surface area contributed by atoms with Crippen LogP contribution in [0.2, 0.25) is 0 Å². The average molecular weight is 180 g/mol. The maximum absolute atomic E-state index is 4.02. The quantitative estimate of drug-likeness (QED) is 0.524. The molecule has 12 heavy (non-hydrogen) atoms. The molecule has 0 amide bonds. The molecule has 0 radical (unpaired) electrons. The van der Waals surface area contributed by atoms with Gasteiger partial charge in [-0.15, -0.1) is 10.2 Å². The molecule has 1 aromatic heterocycles. The predicted octanol–water partition coefficient (Wildman–Crippen LogP) is 1.63. The van der Waals surface area contributed by atoms with E-state index in [2.05, 4.69) is 26.9 Å². The Kier molecular flexibility index (Phi) is 3.28. The van der Waals surface area contributed by atoms with Crippen LogP contribution >= 0.6 is 11.3 Å². The second-order valence-electron chi connectivity index (χ2n) is 1.84. The van der Waals surface area contributed by atoms with Gasteiger partial charge < -0.3 is 0 Å². The van der Waals surface area contributed by atoms with Gasteiger partial charge in [-0.05, 0) is 13.6 Å². The number of nitrogens with zero attached hydrogens (tertiary/aromatic N) is 4. The zero-order chi connectivity index (χ0) is 8.81. The molecule has 5 heteroatoms. The minimum absolute atomic E-state index is 0.768. The van der Waals surface area contributed by atoms with Gasteiger partial charge in [0.25, 0.3) is 0 Å². The van der Waals surface area contributed by atoms with E-state index in [-0.39, 0.29) is 0 Å². The molecule has 0 fully saturated rings. The fourth-order valence-electron chi connectivity index (χ4n) is 0.641. The highest BCUT2D eigenvalue weighted by atomic mass is 32.1. The number of aliphatic imine (C=N–C) groups is 2. The van der Waals surface area contributed by atoms with Gasteiger partial charge in [-0.3, -0.25) is 4.99 Å². The fourth-order valence-corrected chi connectivity index (χ4v) is 1.22. The summed E-state index contributed by atoms with van der Waals surface area (Å²) in [5.41, 5.74) is 2.43. The molecule has 0 saturated heterocycles. The summed E-state index contributed by atoms with van der Waals surface area (Å²) in [6.07, 6.45) is 3.24. The Hall–Kier alpha value is -1.36. The zero-order valence-corrected chi connectivity index (χ0v) is 7.45. The second kappa shape index (κ2) is 4.50. The van der Waals surface area contributed by atoms with Gasteiger partial charge >= 0.3 is 0 Å². The summed E-state index contributed by atoms with van der Waals surface area (Å²) in [5.74, 6) is 0. The molecule has 0 aliphatic heterocycles. The van der Waals surface area contributed by atoms with E-state index in [1.165, 1.54) is 17.7 Å². The highest BCUT2D eigenvalue weighted by molar-refractivity contribution is 7.10. The van der Waals surface area contributed by atoms with Gasteiger partial charge in [0.1, 0.15) is 11.8 Å². The van der Waals surface area contributed by atoms with Crippen molar-refractivity contribution in [2.45, 2.75) is 6.92 Å². The molecule has 0 aromatic carbocycles. The molecule has 0 aliphatic carbocycles. The Morgan fingerprint density at radius 3 is 3.08 bits per heavy atom. The average Bonchev–Trinajstić information content (AvgIpc) is 2.59. The lowest BCUT2D eigenvalue weighted by Gasteiger charge is -1.90. The third kappa shape index (κ3) is 2.06. The van der Waals surface area contributed by atoms with Gasteiger partial charge in [0.15, 0.2) is 5.01 Å². The topological polar surface area (TPSA) is 50.5 Å². The van der Waals surface area contributed by atoms with Crippen LogP contribution in [0.1, 0.15) is 11.9 Å². The van der Waals surface area contributed by atoms with E-state index in [9.17, 15) is 0 Å². The third-order valence-corrected chi connectivity index (χ3v) is 1.84. The Balaban J connectivity index is 2.85. The van der Waals surface area contributed by atoms with Gasteiger partial charge in [-0.25, -0.2) is 4.99 Å². The standard InChI is InChI=1S/C7H8N4S/c1-3-6(9-4-8-2)7-11-10-5-12-7/h3-5H,2H2,1H3/b6-3-,9-4-. The van der Waals surface area contributed by atoms with Gasteiger partial charge in [-0.2, -0.15) is 0 Å². The Bertz CT molecular complexity index is 299. The normalized spacial score (nSPS) is 12.2. The van der Waals surface area contributed by atoms with Crippen LogP contribution in [-0.2, 0) is 0 Å². The second-order valence-corrected chi connectivity index (χ2v) is 2.68. The van der Waals surface area contributed by atoms with Crippen molar-refractivity contribution in [3.8, 4) is 0 Å². The minimum atomic E-state index is 0.768. The molecule has 1 heterocycles. The van der Waals surface area contributed by atoms with E-state index >= 15 is 0 Å². The maximum Gasteiger partial charge on any atom is 0.165 e. The van der Waals surface area contributed by atoms with Gasteiger partial charge in [0.05, 0.1) is 5.70 Å².